The minimum atomic E-state index is -0.137. The normalized spacial score (nSPS) is 16.1. The van der Waals surface area contributed by atoms with E-state index in [0.29, 0.717) is 29.7 Å². The molecule has 1 atom stereocenters. The molecule has 0 unspecified atom stereocenters. The smallest absolute Gasteiger partial charge is 0.253 e. The van der Waals surface area contributed by atoms with Crippen LogP contribution in [0.1, 0.15) is 27.6 Å². The Hall–Kier alpha value is -3.77. The summed E-state index contributed by atoms with van der Waals surface area (Å²) < 4.78 is 6.37. The zero-order valence-corrected chi connectivity index (χ0v) is 17.6. The van der Waals surface area contributed by atoms with Gasteiger partial charge in [-0.2, -0.15) is 0 Å². The molecule has 1 aromatic heterocycles. The lowest BCUT2D eigenvalue weighted by molar-refractivity contribution is 0.0944. The summed E-state index contributed by atoms with van der Waals surface area (Å²) in [7, 11) is 0. The van der Waals surface area contributed by atoms with Crippen LogP contribution >= 0.6 is 0 Å². The summed E-state index contributed by atoms with van der Waals surface area (Å²) in [6.07, 6.45) is 3.17. The second-order valence-corrected chi connectivity index (χ2v) is 7.85. The molecule has 160 valence electrons. The SMILES string of the molecule is O=C(NCCN1Cc2ccccc2O[C@@H](c2ccccc2)C1)c1cccc2nccnc12. The van der Waals surface area contributed by atoms with Crippen molar-refractivity contribution >= 4 is 16.9 Å². The van der Waals surface area contributed by atoms with Crippen LogP contribution in [-0.2, 0) is 6.54 Å². The molecule has 1 aliphatic heterocycles. The first-order valence-corrected chi connectivity index (χ1v) is 10.8. The molecule has 0 saturated heterocycles. The fraction of sp³-hybridized carbons (Fsp3) is 0.192. The highest BCUT2D eigenvalue weighted by atomic mass is 16.5. The molecule has 4 aromatic rings. The first-order chi connectivity index (χ1) is 15.8. The molecule has 6 heteroatoms. The third-order valence-corrected chi connectivity index (χ3v) is 5.69. The van der Waals surface area contributed by atoms with Crippen LogP contribution in [0.3, 0.4) is 0 Å². The maximum Gasteiger partial charge on any atom is 0.253 e. The number of aromatic nitrogens is 2. The Kier molecular flexibility index (Phi) is 5.77. The highest BCUT2D eigenvalue weighted by Gasteiger charge is 2.24. The molecule has 0 aliphatic carbocycles. The Balaban J connectivity index is 1.29. The molecule has 1 aliphatic rings. The van der Waals surface area contributed by atoms with Crippen LogP contribution in [0, 0.1) is 0 Å². The summed E-state index contributed by atoms with van der Waals surface area (Å²) in [4.78, 5) is 23.8. The van der Waals surface area contributed by atoms with E-state index in [0.717, 1.165) is 30.0 Å². The van der Waals surface area contributed by atoms with Gasteiger partial charge in [-0.25, -0.2) is 0 Å². The van der Waals surface area contributed by atoms with Gasteiger partial charge in [0.2, 0.25) is 0 Å². The lowest BCUT2D eigenvalue weighted by Gasteiger charge is -2.24. The first-order valence-electron chi connectivity index (χ1n) is 10.8. The second kappa shape index (κ2) is 9.16. The zero-order chi connectivity index (χ0) is 21.8. The number of fused-ring (bicyclic) bond motifs is 2. The number of hydrogen-bond acceptors (Lipinski definition) is 5. The van der Waals surface area contributed by atoms with Gasteiger partial charge in [0.1, 0.15) is 17.4 Å². The number of carbonyl (C=O) groups is 1. The van der Waals surface area contributed by atoms with E-state index in [-0.39, 0.29) is 12.0 Å². The van der Waals surface area contributed by atoms with Crippen molar-refractivity contribution in [3.8, 4) is 5.75 Å². The Labute approximate surface area is 186 Å². The quantitative estimate of drug-likeness (QED) is 0.525. The molecule has 0 spiro atoms. The van der Waals surface area contributed by atoms with Crippen molar-refractivity contribution in [2.24, 2.45) is 0 Å². The summed E-state index contributed by atoms with van der Waals surface area (Å²) in [6, 6.07) is 23.9. The Morgan fingerprint density at radius 3 is 2.69 bits per heavy atom. The number of ether oxygens (including phenoxy) is 1. The monoisotopic (exact) mass is 424 g/mol. The fourth-order valence-electron chi connectivity index (χ4n) is 4.09. The Morgan fingerprint density at radius 2 is 1.78 bits per heavy atom. The molecular weight excluding hydrogens is 400 g/mol. The predicted molar refractivity (Wildman–Crippen MR) is 123 cm³/mol. The maximum absolute atomic E-state index is 12.8. The molecule has 0 bridgehead atoms. The van der Waals surface area contributed by atoms with Crippen molar-refractivity contribution in [3.05, 3.63) is 102 Å². The van der Waals surface area contributed by atoms with E-state index >= 15 is 0 Å². The van der Waals surface area contributed by atoms with Crippen molar-refractivity contribution < 1.29 is 9.53 Å². The van der Waals surface area contributed by atoms with Crippen molar-refractivity contribution in [1.29, 1.82) is 0 Å². The van der Waals surface area contributed by atoms with Gasteiger partial charge in [-0.05, 0) is 23.8 Å². The molecule has 0 saturated carbocycles. The van der Waals surface area contributed by atoms with E-state index in [1.54, 1.807) is 18.5 Å². The summed E-state index contributed by atoms with van der Waals surface area (Å²) in [6.45, 7) is 2.76. The van der Waals surface area contributed by atoms with Crippen LogP contribution in [-0.4, -0.2) is 40.4 Å². The minimum absolute atomic E-state index is 0.0658. The molecule has 5 rings (SSSR count). The molecule has 2 heterocycles. The molecule has 0 fully saturated rings. The number of para-hydroxylation sites is 2. The molecule has 0 radical (unpaired) electrons. The van der Waals surface area contributed by atoms with E-state index in [4.69, 9.17) is 4.74 Å². The lowest BCUT2D eigenvalue weighted by Crippen LogP contribution is -2.36. The standard InChI is InChI=1S/C26H24N4O2/c31-26(21-10-6-11-22-25(21)28-14-13-27-22)29-15-16-30-17-20-9-4-5-12-23(20)32-24(18-30)19-7-2-1-3-8-19/h1-14,24H,15-18H2,(H,29,31)/t24-/m1/s1. The van der Waals surface area contributed by atoms with E-state index in [1.165, 1.54) is 0 Å². The average molecular weight is 425 g/mol. The van der Waals surface area contributed by atoms with Crippen molar-refractivity contribution in [2.75, 3.05) is 19.6 Å². The Bertz CT molecular complexity index is 1220. The zero-order valence-electron chi connectivity index (χ0n) is 17.6. The van der Waals surface area contributed by atoms with Crippen LogP contribution < -0.4 is 10.1 Å². The summed E-state index contributed by atoms with van der Waals surface area (Å²) in [5.74, 6) is 0.782. The van der Waals surface area contributed by atoms with Gasteiger partial charge in [-0.1, -0.05) is 54.6 Å². The Morgan fingerprint density at radius 1 is 0.969 bits per heavy atom. The molecule has 1 amide bonds. The lowest BCUT2D eigenvalue weighted by atomic mass is 10.1. The number of nitrogens with one attached hydrogen (secondary N) is 1. The maximum atomic E-state index is 12.8. The van der Waals surface area contributed by atoms with E-state index in [1.807, 2.05) is 48.5 Å². The van der Waals surface area contributed by atoms with E-state index in [2.05, 4.69) is 38.4 Å². The highest BCUT2D eigenvalue weighted by Crippen LogP contribution is 2.30. The van der Waals surface area contributed by atoms with Crippen LogP contribution in [0.25, 0.3) is 11.0 Å². The van der Waals surface area contributed by atoms with Crippen LogP contribution in [0.4, 0.5) is 0 Å². The molecule has 3 aromatic carbocycles. The number of hydrogen-bond donors (Lipinski definition) is 1. The van der Waals surface area contributed by atoms with Crippen molar-refractivity contribution in [2.45, 2.75) is 12.6 Å². The van der Waals surface area contributed by atoms with Crippen LogP contribution in [0.15, 0.2) is 85.2 Å². The van der Waals surface area contributed by atoms with E-state index in [9.17, 15) is 4.79 Å². The highest BCUT2D eigenvalue weighted by molar-refractivity contribution is 6.04. The third-order valence-electron chi connectivity index (χ3n) is 5.69. The van der Waals surface area contributed by atoms with Gasteiger partial charge < -0.3 is 10.1 Å². The second-order valence-electron chi connectivity index (χ2n) is 7.85. The molecule has 32 heavy (non-hydrogen) atoms. The molecule has 6 nitrogen and oxygen atoms in total. The fourth-order valence-corrected chi connectivity index (χ4v) is 4.09. The minimum Gasteiger partial charge on any atom is -0.484 e. The first kappa shape index (κ1) is 20.2. The van der Waals surface area contributed by atoms with Crippen molar-refractivity contribution in [1.82, 2.24) is 20.2 Å². The number of nitrogens with zero attached hydrogens (tertiary/aromatic N) is 3. The molecular formula is C26H24N4O2. The van der Waals surface area contributed by atoms with Gasteiger partial charge in [0.15, 0.2) is 0 Å². The van der Waals surface area contributed by atoms with Crippen molar-refractivity contribution in [3.63, 3.8) is 0 Å². The number of rotatable bonds is 5. The van der Waals surface area contributed by atoms with Gasteiger partial charge in [0, 0.05) is 44.1 Å². The predicted octanol–water partition coefficient (Wildman–Crippen LogP) is 4.00. The topological polar surface area (TPSA) is 67.4 Å². The number of amides is 1. The molecule has 1 N–H and O–H groups in total. The van der Waals surface area contributed by atoms with Gasteiger partial charge in [-0.15, -0.1) is 0 Å². The van der Waals surface area contributed by atoms with Gasteiger partial charge >= 0.3 is 0 Å². The summed E-state index contributed by atoms with van der Waals surface area (Å²) in [5.41, 5.74) is 4.18. The number of carbonyl (C=O) groups excluding carboxylic acids is 1. The van der Waals surface area contributed by atoms with Gasteiger partial charge in [0.25, 0.3) is 5.91 Å². The van der Waals surface area contributed by atoms with Gasteiger partial charge in [-0.3, -0.25) is 19.7 Å². The average Bonchev–Trinajstić information content (AvgIpc) is 3.03. The van der Waals surface area contributed by atoms with E-state index < -0.39 is 0 Å². The third kappa shape index (κ3) is 4.31. The summed E-state index contributed by atoms with van der Waals surface area (Å²) >= 11 is 0. The van der Waals surface area contributed by atoms with Crippen LogP contribution in [0.5, 0.6) is 5.75 Å². The van der Waals surface area contributed by atoms with Gasteiger partial charge in [0.05, 0.1) is 11.1 Å². The number of benzene rings is 3. The summed E-state index contributed by atoms with van der Waals surface area (Å²) in [5, 5.41) is 3.05. The largest absolute Gasteiger partial charge is 0.484 e. The van der Waals surface area contributed by atoms with Crippen LogP contribution in [0.2, 0.25) is 0 Å².